The molecular formula is C16H30N2O4Si. The van der Waals surface area contributed by atoms with Crippen molar-refractivity contribution in [2.75, 3.05) is 13.7 Å². The molecule has 7 heteroatoms. The largest absolute Gasteiger partial charge is 0.474 e. The smallest absolute Gasteiger partial charge is 0.356 e. The standard InChI is InChI=1S/C16H30N2O4Si/c1-12(2)22-14-11-13(15(19)20-6)18(17-14)9-10-21-23(7,8)16(3,4)5/h11-12H,9-10H2,1-8H3. The second-order valence-electron chi connectivity index (χ2n) is 7.36. The summed E-state index contributed by atoms with van der Waals surface area (Å²) >= 11 is 0. The van der Waals surface area contributed by atoms with Crippen molar-refractivity contribution >= 4 is 14.3 Å². The van der Waals surface area contributed by atoms with Gasteiger partial charge in [-0.2, -0.15) is 0 Å². The van der Waals surface area contributed by atoms with Crippen molar-refractivity contribution in [3.63, 3.8) is 0 Å². The molecule has 0 bridgehead atoms. The van der Waals surface area contributed by atoms with E-state index in [0.717, 1.165) is 0 Å². The number of rotatable bonds is 7. The summed E-state index contributed by atoms with van der Waals surface area (Å²) in [5.74, 6) is -0.00356. The Balaban J connectivity index is 2.82. The van der Waals surface area contributed by atoms with Gasteiger partial charge < -0.3 is 13.9 Å². The molecule has 1 heterocycles. The van der Waals surface area contributed by atoms with Crippen LogP contribution in [-0.4, -0.2) is 43.9 Å². The molecule has 1 rings (SSSR count). The maximum absolute atomic E-state index is 11.9. The monoisotopic (exact) mass is 342 g/mol. The van der Waals surface area contributed by atoms with Gasteiger partial charge in [-0.05, 0) is 32.0 Å². The maximum Gasteiger partial charge on any atom is 0.356 e. The molecule has 132 valence electrons. The van der Waals surface area contributed by atoms with Crippen molar-refractivity contribution in [3.05, 3.63) is 11.8 Å². The molecule has 0 aromatic carbocycles. The quantitative estimate of drug-likeness (QED) is 0.561. The maximum atomic E-state index is 11.9. The number of nitrogens with zero attached hydrogens (tertiary/aromatic N) is 2. The van der Waals surface area contributed by atoms with Crippen LogP contribution in [0.4, 0.5) is 0 Å². The number of esters is 1. The van der Waals surface area contributed by atoms with Crippen LogP contribution in [0, 0.1) is 0 Å². The van der Waals surface area contributed by atoms with E-state index in [1.807, 2.05) is 13.8 Å². The Bertz CT molecular complexity index is 533. The lowest BCUT2D eigenvalue weighted by molar-refractivity contribution is 0.0585. The first-order chi connectivity index (χ1) is 10.5. The third kappa shape index (κ3) is 5.35. The first kappa shape index (κ1) is 19.7. The van der Waals surface area contributed by atoms with E-state index in [2.05, 4.69) is 39.0 Å². The average molecular weight is 343 g/mol. The predicted octanol–water partition coefficient (Wildman–Crippen LogP) is 3.48. The number of carbonyl (C=O) groups is 1. The Morgan fingerprint density at radius 1 is 1.35 bits per heavy atom. The van der Waals surface area contributed by atoms with Crippen LogP contribution in [0.5, 0.6) is 5.88 Å². The summed E-state index contributed by atoms with van der Waals surface area (Å²) < 4.78 is 18.1. The molecule has 0 unspecified atom stereocenters. The zero-order chi connectivity index (χ0) is 17.8. The highest BCUT2D eigenvalue weighted by Gasteiger charge is 2.37. The fourth-order valence-electron chi connectivity index (χ4n) is 1.74. The zero-order valence-electron chi connectivity index (χ0n) is 15.6. The van der Waals surface area contributed by atoms with E-state index in [-0.39, 0.29) is 11.1 Å². The Morgan fingerprint density at radius 2 is 1.96 bits per heavy atom. The van der Waals surface area contributed by atoms with E-state index >= 15 is 0 Å². The molecule has 0 aliphatic heterocycles. The number of ether oxygens (including phenoxy) is 2. The minimum atomic E-state index is -1.82. The summed E-state index contributed by atoms with van der Waals surface area (Å²) in [7, 11) is -0.464. The van der Waals surface area contributed by atoms with Gasteiger partial charge in [0.1, 0.15) is 5.69 Å². The lowest BCUT2D eigenvalue weighted by atomic mass is 10.2. The molecule has 0 saturated heterocycles. The molecule has 0 N–H and O–H groups in total. The van der Waals surface area contributed by atoms with E-state index in [4.69, 9.17) is 13.9 Å². The molecule has 23 heavy (non-hydrogen) atoms. The summed E-state index contributed by atoms with van der Waals surface area (Å²) in [5.41, 5.74) is 0.377. The molecule has 6 nitrogen and oxygen atoms in total. The SMILES string of the molecule is COC(=O)c1cc(OC(C)C)nn1CCO[Si](C)(C)C(C)(C)C. The first-order valence-electron chi connectivity index (χ1n) is 7.94. The minimum absolute atomic E-state index is 0.00710. The second-order valence-corrected chi connectivity index (χ2v) is 12.2. The van der Waals surface area contributed by atoms with E-state index in [1.165, 1.54) is 7.11 Å². The van der Waals surface area contributed by atoms with Crippen LogP contribution in [0.25, 0.3) is 0 Å². The van der Waals surface area contributed by atoms with Gasteiger partial charge >= 0.3 is 5.97 Å². The molecule has 0 radical (unpaired) electrons. The van der Waals surface area contributed by atoms with Gasteiger partial charge in [0, 0.05) is 6.07 Å². The van der Waals surface area contributed by atoms with Crippen LogP contribution < -0.4 is 4.74 Å². The van der Waals surface area contributed by atoms with E-state index in [0.29, 0.717) is 24.7 Å². The third-order valence-corrected chi connectivity index (χ3v) is 8.62. The van der Waals surface area contributed by atoms with Crippen LogP contribution in [0.15, 0.2) is 6.07 Å². The molecule has 0 fully saturated rings. The predicted molar refractivity (Wildman–Crippen MR) is 92.5 cm³/mol. The van der Waals surface area contributed by atoms with Crippen LogP contribution >= 0.6 is 0 Å². The Hall–Kier alpha value is -1.34. The number of methoxy groups -OCH3 is 1. The normalized spacial score (nSPS) is 12.6. The molecule has 1 aromatic rings. The number of carbonyl (C=O) groups excluding carboxylic acids is 1. The fourth-order valence-corrected chi connectivity index (χ4v) is 2.77. The molecule has 0 amide bonds. The van der Waals surface area contributed by atoms with Crippen molar-refractivity contribution < 1.29 is 18.7 Å². The van der Waals surface area contributed by atoms with Crippen LogP contribution in [0.2, 0.25) is 18.1 Å². The zero-order valence-corrected chi connectivity index (χ0v) is 16.6. The van der Waals surface area contributed by atoms with Gasteiger partial charge in [0.2, 0.25) is 5.88 Å². The topological polar surface area (TPSA) is 62.6 Å². The lowest BCUT2D eigenvalue weighted by Crippen LogP contribution is -2.41. The summed E-state index contributed by atoms with van der Waals surface area (Å²) in [4.78, 5) is 11.9. The van der Waals surface area contributed by atoms with Gasteiger partial charge in [-0.3, -0.25) is 4.68 Å². The Labute approximate surface area is 140 Å². The third-order valence-electron chi connectivity index (χ3n) is 4.08. The molecule has 0 saturated carbocycles. The molecule has 0 atom stereocenters. The lowest BCUT2D eigenvalue weighted by Gasteiger charge is -2.36. The van der Waals surface area contributed by atoms with Gasteiger partial charge in [-0.15, -0.1) is 5.10 Å². The number of hydrogen-bond acceptors (Lipinski definition) is 5. The molecule has 0 aliphatic carbocycles. The van der Waals surface area contributed by atoms with E-state index in [9.17, 15) is 4.79 Å². The molecule has 0 aliphatic rings. The van der Waals surface area contributed by atoms with Crippen molar-refractivity contribution in [1.82, 2.24) is 9.78 Å². The highest BCUT2D eigenvalue weighted by Crippen LogP contribution is 2.36. The highest BCUT2D eigenvalue weighted by atomic mass is 28.4. The molecular weight excluding hydrogens is 312 g/mol. The second kappa shape index (κ2) is 7.48. The summed E-state index contributed by atoms with van der Waals surface area (Å²) in [5, 5.41) is 4.48. The Morgan fingerprint density at radius 3 is 2.43 bits per heavy atom. The Kier molecular flexibility index (Phi) is 6.41. The van der Waals surface area contributed by atoms with Gasteiger partial charge in [0.25, 0.3) is 0 Å². The first-order valence-corrected chi connectivity index (χ1v) is 10.9. The minimum Gasteiger partial charge on any atom is -0.474 e. The van der Waals surface area contributed by atoms with Crippen molar-refractivity contribution in [2.45, 2.75) is 65.4 Å². The number of aromatic nitrogens is 2. The van der Waals surface area contributed by atoms with Crippen molar-refractivity contribution in [2.24, 2.45) is 0 Å². The summed E-state index contributed by atoms with van der Waals surface area (Å²) in [6.45, 7) is 15.8. The van der Waals surface area contributed by atoms with Gasteiger partial charge in [0.05, 0.1) is 26.4 Å². The molecule has 0 spiro atoms. The number of hydrogen-bond donors (Lipinski definition) is 0. The van der Waals surface area contributed by atoms with Crippen molar-refractivity contribution in [3.8, 4) is 5.88 Å². The van der Waals surface area contributed by atoms with E-state index in [1.54, 1.807) is 10.7 Å². The molecule has 1 aromatic heterocycles. The van der Waals surface area contributed by atoms with Gasteiger partial charge in [-0.25, -0.2) is 4.79 Å². The van der Waals surface area contributed by atoms with Crippen LogP contribution in [-0.2, 0) is 15.7 Å². The fraction of sp³-hybridized carbons (Fsp3) is 0.750. The highest BCUT2D eigenvalue weighted by molar-refractivity contribution is 6.74. The van der Waals surface area contributed by atoms with Crippen LogP contribution in [0.1, 0.15) is 45.1 Å². The van der Waals surface area contributed by atoms with Gasteiger partial charge in [-0.1, -0.05) is 20.8 Å². The summed E-state index contributed by atoms with van der Waals surface area (Å²) in [6, 6.07) is 1.61. The summed E-state index contributed by atoms with van der Waals surface area (Å²) in [6.07, 6.45) is -0.00710. The van der Waals surface area contributed by atoms with Gasteiger partial charge in [0.15, 0.2) is 8.32 Å². The van der Waals surface area contributed by atoms with E-state index < -0.39 is 14.3 Å². The van der Waals surface area contributed by atoms with Crippen molar-refractivity contribution in [1.29, 1.82) is 0 Å². The van der Waals surface area contributed by atoms with Crippen LogP contribution in [0.3, 0.4) is 0 Å². The average Bonchev–Trinajstić information content (AvgIpc) is 2.78.